The van der Waals surface area contributed by atoms with Crippen molar-refractivity contribution in [2.45, 2.75) is 26.7 Å². The maximum absolute atomic E-state index is 12.3. The van der Waals surface area contributed by atoms with E-state index in [4.69, 9.17) is 0 Å². The van der Waals surface area contributed by atoms with Crippen LogP contribution in [0.1, 0.15) is 35.7 Å². The molecule has 21 heavy (non-hydrogen) atoms. The highest BCUT2D eigenvalue weighted by atomic mass is 16.1. The summed E-state index contributed by atoms with van der Waals surface area (Å²) >= 11 is 0. The molecule has 0 aromatic heterocycles. The van der Waals surface area contributed by atoms with E-state index in [0.29, 0.717) is 12.5 Å². The topological polar surface area (TPSA) is 49.4 Å². The number of piperidine rings is 1. The second-order valence-electron chi connectivity index (χ2n) is 5.89. The van der Waals surface area contributed by atoms with Crippen LogP contribution < -0.4 is 5.32 Å². The zero-order chi connectivity index (χ0) is 15.2. The summed E-state index contributed by atoms with van der Waals surface area (Å²) in [5.74, 6) is 0.777. The van der Waals surface area contributed by atoms with Crippen LogP contribution in [0.15, 0.2) is 24.3 Å². The van der Waals surface area contributed by atoms with E-state index in [1.165, 1.54) is 0 Å². The minimum absolute atomic E-state index is 0.0344. The van der Waals surface area contributed by atoms with Crippen molar-refractivity contribution in [2.75, 3.05) is 26.2 Å². The molecular weight excluding hydrogens is 264 g/mol. The van der Waals surface area contributed by atoms with Crippen molar-refractivity contribution in [3.8, 4) is 0 Å². The van der Waals surface area contributed by atoms with E-state index in [-0.39, 0.29) is 11.7 Å². The summed E-state index contributed by atoms with van der Waals surface area (Å²) in [5.41, 5.74) is 1.88. The van der Waals surface area contributed by atoms with Crippen LogP contribution in [0.4, 0.5) is 0 Å². The molecule has 0 bridgehead atoms. The highest BCUT2D eigenvalue weighted by Crippen LogP contribution is 2.17. The van der Waals surface area contributed by atoms with Crippen molar-refractivity contribution in [3.63, 3.8) is 0 Å². The van der Waals surface area contributed by atoms with Crippen LogP contribution in [-0.2, 0) is 4.79 Å². The maximum Gasteiger partial charge on any atom is 0.216 e. The predicted octanol–water partition coefficient (Wildman–Crippen LogP) is 2.03. The Balaban J connectivity index is 1.80. The monoisotopic (exact) mass is 288 g/mol. The van der Waals surface area contributed by atoms with E-state index in [2.05, 4.69) is 10.2 Å². The van der Waals surface area contributed by atoms with Gasteiger partial charge in [-0.3, -0.25) is 14.5 Å². The molecule has 0 atom stereocenters. The molecule has 1 aliphatic rings. The Bertz CT molecular complexity index is 505. The second kappa shape index (κ2) is 7.36. The van der Waals surface area contributed by atoms with Crippen molar-refractivity contribution >= 4 is 11.7 Å². The van der Waals surface area contributed by atoms with E-state index >= 15 is 0 Å². The van der Waals surface area contributed by atoms with Gasteiger partial charge in [-0.05, 0) is 44.3 Å². The third-order valence-corrected chi connectivity index (χ3v) is 4.16. The zero-order valence-electron chi connectivity index (χ0n) is 12.9. The molecule has 0 unspecified atom stereocenters. The Morgan fingerprint density at radius 3 is 2.52 bits per heavy atom. The Kier molecular flexibility index (Phi) is 5.51. The van der Waals surface area contributed by atoms with Crippen LogP contribution in [0, 0.1) is 12.8 Å². The third kappa shape index (κ3) is 4.67. The number of nitrogens with one attached hydrogen (secondary N) is 1. The number of hydrogen-bond donors (Lipinski definition) is 1. The molecule has 1 aliphatic heterocycles. The fraction of sp³-hybridized carbons (Fsp3) is 0.529. The van der Waals surface area contributed by atoms with Crippen LogP contribution in [-0.4, -0.2) is 42.8 Å². The number of nitrogens with zero attached hydrogens (tertiary/aromatic N) is 1. The highest BCUT2D eigenvalue weighted by Gasteiger charge is 2.21. The van der Waals surface area contributed by atoms with Gasteiger partial charge in [0.25, 0.3) is 0 Å². The lowest BCUT2D eigenvalue weighted by atomic mass is 9.96. The molecule has 1 heterocycles. The Morgan fingerprint density at radius 1 is 1.24 bits per heavy atom. The van der Waals surface area contributed by atoms with E-state index in [1.807, 2.05) is 31.2 Å². The number of amides is 1. The van der Waals surface area contributed by atoms with Gasteiger partial charge in [0.2, 0.25) is 5.91 Å². The zero-order valence-corrected chi connectivity index (χ0v) is 12.9. The smallest absolute Gasteiger partial charge is 0.216 e. The molecule has 4 heteroatoms. The van der Waals surface area contributed by atoms with Crippen LogP contribution in [0.2, 0.25) is 0 Å². The summed E-state index contributed by atoms with van der Waals surface area (Å²) in [5, 5.41) is 2.88. The predicted molar refractivity (Wildman–Crippen MR) is 83.4 cm³/mol. The van der Waals surface area contributed by atoms with Crippen molar-refractivity contribution in [3.05, 3.63) is 35.4 Å². The fourth-order valence-electron chi connectivity index (χ4n) is 2.81. The maximum atomic E-state index is 12.3. The van der Waals surface area contributed by atoms with Crippen molar-refractivity contribution in [1.29, 1.82) is 0 Å². The molecular formula is C17H24N2O2. The molecule has 1 aromatic rings. The average Bonchev–Trinajstić information content (AvgIpc) is 2.47. The number of carbonyl (C=O) groups is 2. The van der Waals surface area contributed by atoms with Gasteiger partial charge < -0.3 is 5.32 Å². The molecule has 4 nitrogen and oxygen atoms in total. The average molecular weight is 288 g/mol. The Labute approximate surface area is 126 Å². The van der Waals surface area contributed by atoms with E-state index in [9.17, 15) is 9.59 Å². The summed E-state index contributed by atoms with van der Waals surface area (Å²) < 4.78 is 0. The molecule has 1 aromatic carbocycles. The number of ketones is 1. The molecule has 2 rings (SSSR count). The molecule has 0 saturated carbocycles. The summed E-state index contributed by atoms with van der Waals surface area (Å²) in [6.07, 6.45) is 2.09. The van der Waals surface area contributed by atoms with Gasteiger partial charge in [-0.15, -0.1) is 0 Å². The molecule has 1 saturated heterocycles. The van der Waals surface area contributed by atoms with E-state index < -0.39 is 0 Å². The summed E-state index contributed by atoms with van der Waals surface area (Å²) in [6.45, 7) is 6.65. The van der Waals surface area contributed by atoms with E-state index in [1.54, 1.807) is 6.92 Å². The van der Waals surface area contributed by atoms with Gasteiger partial charge in [0.15, 0.2) is 5.78 Å². The van der Waals surface area contributed by atoms with Gasteiger partial charge in [0.1, 0.15) is 0 Å². The minimum atomic E-state index is 0.0344. The highest BCUT2D eigenvalue weighted by molar-refractivity contribution is 5.98. The lowest BCUT2D eigenvalue weighted by Crippen LogP contribution is -2.40. The standard InChI is InChI=1S/C17H24N2O2/c1-13-5-3-4-6-16(13)17(21)12-19-9-7-15(8-10-19)11-18-14(2)20/h3-6,15H,7-12H2,1-2H3,(H,18,20). The third-order valence-electron chi connectivity index (χ3n) is 4.16. The van der Waals surface area contributed by atoms with E-state index in [0.717, 1.165) is 43.6 Å². The molecule has 1 fully saturated rings. The molecule has 114 valence electrons. The SMILES string of the molecule is CC(=O)NCC1CCN(CC(=O)c2ccccc2C)CC1. The van der Waals surface area contributed by atoms with Gasteiger partial charge in [0.05, 0.1) is 6.54 Å². The number of rotatable bonds is 5. The largest absolute Gasteiger partial charge is 0.356 e. The van der Waals surface area contributed by atoms with Crippen LogP contribution in [0.3, 0.4) is 0 Å². The summed E-state index contributed by atoms with van der Waals surface area (Å²) in [4.78, 5) is 25.5. The van der Waals surface area contributed by atoms with Crippen LogP contribution in [0.5, 0.6) is 0 Å². The molecule has 0 spiro atoms. The first kappa shape index (κ1) is 15.7. The lowest BCUT2D eigenvalue weighted by molar-refractivity contribution is -0.119. The second-order valence-corrected chi connectivity index (χ2v) is 5.89. The van der Waals surface area contributed by atoms with Gasteiger partial charge >= 0.3 is 0 Å². The van der Waals surface area contributed by atoms with Gasteiger partial charge in [-0.2, -0.15) is 0 Å². The van der Waals surface area contributed by atoms with Crippen LogP contribution in [0.25, 0.3) is 0 Å². The van der Waals surface area contributed by atoms with Crippen molar-refractivity contribution in [1.82, 2.24) is 10.2 Å². The lowest BCUT2D eigenvalue weighted by Gasteiger charge is -2.31. The van der Waals surface area contributed by atoms with Crippen molar-refractivity contribution < 1.29 is 9.59 Å². The number of Topliss-reactive ketones (excluding diaryl/α,β-unsaturated/α-hetero) is 1. The number of carbonyl (C=O) groups excluding carboxylic acids is 2. The summed E-state index contributed by atoms with van der Waals surface area (Å²) in [6, 6.07) is 7.76. The molecule has 0 radical (unpaired) electrons. The van der Waals surface area contributed by atoms with Crippen molar-refractivity contribution in [2.24, 2.45) is 5.92 Å². The van der Waals surface area contributed by atoms with Crippen LogP contribution >= 0.6 is 0 Å². The Hall–Kier alpha value is -1.68. The van der Waals surface area contributed by atoms with Gasteiger partial charge in [-0.1, -0.05) is 24.3 Å². The van der Waals surface area contributed by atoms with Gasteiger partial charge in [-0.25, -0.2) is 0 Å². The van der Waals surface area contributed by atoms with Gasteiger partial charge in [0, 0.05) is 19.0 Å². The quantitative estimate of drug-likeness (QED) is 0.843. The molecule has 1 N–H and O–H groups in total. The number of likely N-dealkylation sites (tertiary alicyclic amines) is 1. The summed E-state index contributed by atoms with van der Waals surface area (Å²) in [7, 11) is 0. The normalized spacial score (nSPS) is 16.7. The minimum Gasteiger partial charge on any atom is -0.356 e. The fourth-order valence-corrected chi connectivity index (χ4v) is 2.81. The first-order chi connectivity index (χ1) is 10.1. The molecule has 0 aliphatic carbocycles. The number of aryl methyl sites for hydroxylation is 1. The first-order valence-electron chi connectivity index (χ1n) is 7.62. The Morgan fingerprint density at radius 2 is 1.90 bits per heavy atom. The molecule has 1 amide bonds. The first-order valence-corrected chi connectivity index (χ1v) is 7.62. The number of hydrogen-bond acceptors (Lipinski definition) is 3. The number of benzene rings is 1.